The number of aryl methyl sites for hydroxylation is 2. The zero-order chi connectivity index (χ0) is 19.7. The van der Waals surface area contributed by atoms with Crippen LogP contribution in [0.15, 0.2) is 41.8 Å². The molecule has 0 bridgehead atoms. The molecule has 4 rings (SSSR count). The fourth-order valence-electron chi connectivity index (χ4n) is 3.26. The minimum absolute atomic E-state index is 0.00122. The lowest BCUT2D eigenvalue weighted by Crippen LogP contribution is -2.32. The molecule has 2 aromatic heterocycles. The van der Waals surface area contributed by atoms with E-state index in [1.807, 2.05) is 55.6 Å². The number of hydrogen-bond donors (Lipinski definition) is 1. The number of amides is 2. The van der Waals surface area contributed by atoms with Gasteiger partial charge in [0.05, 0.1) is 28.0 Å². The van der Waals surface area contributed by atoms with Crippen LogP contribution < -0.4 is 10.2 Å². The normalized spacial score (nSPS) is 16.6. The van der Waals surface area contributed by atoms with E-state index in [1.54, 1.807) is 27.6 Å². The first-order valence-electron chi connectivity index (χ1n) is 9.15. The molecule has 0 aliphatic carbocycles. The van der Waals surface area contributed by atoms with Gasteiger partial charge in [0.1, 0.15) is 0 Å². The van der Waals surface area contributed by atoms with Gasteiger partial charge in [0, 0.05) is 28.9 Å². The smallest absolute Gasteiger partial charge is 0.227 e. The third kappa shape index (κ3) is 4.00. The molecule has 0 unspecified atom stereocenters. The molecule has 1 aliphatic heterocycles. The van der Waals surface area contributed by atoms with E-state index in [4.69, 9.17) is 0 Å². The highest BCUT2D eigenvalue weighted by molar-refractivity contribution is 7.16. The van der Waals surface area contributed by atoms with Crippen LogP contribution in [0, 0.1) is 19.8 Å². The van der Waals surface area contributed by atoms with Gasteiger partial charge in [0.2, 0.25) is 11.8 Å². The van der Waals surface area contributed by atoms with Gasteiger partial charge in [-0.2, -0.15) is 0 Å². The molecule has 1 aromatic carbocycles. The van der Waals surface area contributed by atoms with Gasteiger partial charge < -0.3 is 10.2 Å². The van der Waals surface area contributed by atoms with Crippen molar-refractivity contribution >= 4 is 40.2 Å². The summed E-state index contributed by atoms with van der Waals surface area (Å²) in [5.41, 5.74) is 2.99. The van der Waals surface area contributed by atoms with Gasteiger partial charge in [-0.05, 0) is 38.1 Å². The van der Waals surface area contributed by atoms with Crippen LogP contribution in [0.2, 0.25) is 0 Å². The molecule has 7 heteroatoms. The molecule has 144 valence electrons. The first-order chi connectivity index (χ1) is 13.5. The predicted octanol–water partition coefficient (Wildman–Crippen LogP) is 4.16. The maximum absolute atomic E-state index is 12.6. The molecule has 1 saturated heterocycles. The Morgan fingerprint density at radius 3 is 2.71 bits per heavy atom. The Labute approximate surface area is 172 Å². The van der Waals surface area contributed by atoms with E-state index >= 15 is 0 Å². The monoisotopic (exact) mass is 411 g/mol. The first-order valence-corrected chi connectivity index (χ1v) is 10.8. The molecule has 0 saturated carbocycles. The Kier molecular flexibility index (Phi) is 5.28. The van der Waals surface area contributed by atoms with Gasteiger partial charge in [-0.15, -0.1) is 22.7 Å². The van der Waals surface area contributed by atoms with E-state index in [0.717, 1.165) is 31.7 Å². The molecule has 0 spiro atoms. The number of thiophene rings is 1. The molecule has 1 atom stereocenters. The van der Waals surface area contributed by atoms with Crippen LogP contribution >= 0.6 is 22.7 Å². The molecule has 28 heavy (non-hydrogen) atoms. The van der Waals surface area contributed by atoms with Gasteiger partial charge in [0.25, 0.3) is 0 Å². The predicted molar refractivity (Wildman–Crippen MR) is 114 cm³/mol. The summed E-state index contributed by atoms with van der Waals surface area (Å²) < 4.78 is 0. The van der Waals surface area contributed by atoms with Crippen LogP contribution in [0.3, 0.4) is 0 Å². The van der Waals surface area contributed by atoms with Crippen molar-refractivity contribution in [3.63, 3.8) is 0 Å². The minimum Gasteiger partial charge on any atom is -0.351 e. The number of aromatic nitrogens is 1. The average Bonchev–Trinajstić information content (AvgIpc) is 3.40. The number of hydrogen-bond acceptors (Lipinski definition) is 5. The van der Waals surface area contributed by atoms with Crippen LogP contribution in [0.1, 0.15) is 21.9 Å². The Morgan fingerprint density at radius 2 is 2.00 bits per heavy atom. The van der Waals surface area contributed by atoms with Crippen molar-refractivity contribution in [3.05, 3.63) is 57.2 Å². The van der Waals surface area contributed by atoms with E-state index in [0.29, 0.717) is 13.1 Å². The van der Waals surface area contributed by atoms with Crippen LogP contribution in [0.5, 0.6) is 0 Å². The molecular formula is C21H21N3O2S2. The molecule has 1 N–H and O–H groups in total. The van der Waals surface area contributed by atoms with Crippen molar-refractivity contribution in [2.24, 2.45) is 5.92 Å². The van der Waals surface area contributed by atoms with Crippen molar-refractivity contribution < 1.29 is 9.59 Å². The lowest BCUT2D eigenvalue weighted by Gasteiger charge is -2.16. The summed E-state index contributed by atoms with van der Waals surface area (Å²) in [6, 6.07) is 11.9. The Morgan fingerprint density at radius 1 is 1.21 bits per heavy atom. The number of nitrogens with zero attached hydrogens (tertiary/aromatic N) is 2. The molecule has 3 heterocycles. The van der Waals surface area contributed by atoms with Crippen molar-refractivity contribution in [2.45, 2.75) is 26.8 Å². The number of carbonyl (C=O) groups is 2. The summed E-state index contributed by atoms with van der Waals surface area (Å²) in [6.45, 7) is 4.91. The van der Waals surface area contributed by atoms with E-state index in [1.165, 1.54) is 0 Å². The summed E-state index contributed by atoms with van der Waals surface area (Å²) in [7, 11) is 0. The molecule has 2 amide bonds. The topological polar surface area (TPSA) is 62.3 Å². The second-order valence-corrected chi connectivity index (χ2v) is 9.21. The zero-order valence-corrected chi connectivity index (χ0v) is 17.4. The Balaban J connectivity index is 1.35. The molecule has 3 aromatic rings. The van der Waals surface area contributed by atoms with Gasteiger partial charge >= 0.3 is 0 Å². The van der Waals surface area contributed by atoms with Gasteiger partial charge in [-0.3, -0.25) is 9.59 Å². The third-order valence-corrected chi connectivity index (χ3v) is 6.69. The van der Waals surface area contributed by atoms with Crippen LogP contribution in [-0.4, -0.2) is 23.3 Å². The highest BCUT2D eigenvalue weighted by Crippen LogP contribution is 2.29. The van der Waals surface area contributed by atoms with Gasteiger partial charge in [0.15, 0.2) is 0 Å². The van der Waals surface area contributed by atoms with Crippen molar-refractivity contribution in [1.82, 2.24) is 10.3 Å². The highest BCUT2D eigenvalue weighted by atomic mass is 32.1. The van der Waals surface area contributed by atoms with Crippen molar-refractivity contribution in [3.8, 4) is 10.6 Å². The second kappa shape index (κ2) is 7.85. The number of thiazole rings is 1. The van der Waals surface area contributed by atoms with Crippen LogP contribution in [0.25, 0.3) is 10.6 Å². The van der Waals surface area contributed by atoms with Crippen molar-refractivity contribution in [2.75, 3.05) is 11.4 Å². The summed E-state index contributed by atoms with van der Waals surface area (Å²) in [4.78, 5) is 33.3. The van der Waals surface area contributed by atoms with E-state index < -0.39 is 0 Å². The molecule has 1 fully saturated rings. The number of benzene rings is 1. The third-order valence-electron chi connectivity index (χ3n) is 4.81. The molecule has 5 nitrogen and oxygen atoms in total. The Bertz CT molecular complexity index is 1010. The minimum atomic E-state index is -0.311. The fourth-order valence-corrected chi connectivity index (χ4v) is 4.86. The maximum Gasteiger partial charge on any atom is 0.227 e. The SMILES string of the molecule is Cc1ccc(N2C[C@@H](C(=O)NCc3ccc(-c4csc(C)n4)s3)CC2=O)cc1. The summed E-state index contributed by atoms with van der Waals surface area (Å²) in [6.07, 6.45) is 0.257. The maximum atomic E-state index is 12.6. The summed E-state index contributed by atoms with van der Waals surface area (Å²) in [5.74, 6) is -0.377. The van der Waals surface area contributed by atoms with E-state index in [2.05, 4.69) is 10.3 Å². The largest absolute Gasteiger partial charge is 0.351 e. The standard InChI is InChI=1S/C21H21N3O2S2/c1-13-3-5-16(6-4-13)24-11-15(9-20(24)25)21(26)22-10-17-7-8-19(28-17)18-12-27-14(2)23-18/h3-8,12,15H,9-11H2,1-2H3,(H,22,26)/t15-/m0/s1. The lowest BCUT2D eigenvalue weighted by atomic mass is 10.1. The molecule has 0 radical (unpaired) electrons. The summed E-state index contributed by atoms with van der Waals surface area (Å²) >= 11 is 3.27. The lowest BCUT2D eigenvalue weighted by molar-refractivity contribution is -0.126. The quantitative estimate of drug-likeness (QED) is 0.686. The van der Waals surface area contributed by atoms with Crippen molar-refractivity contribution in [1.29, 1.82) is 0 Å². The first kappa shape index (κ1) is 18.8. The highest BCUT2D eigenvalue weighted by Gasteiger charge is 2.34. The van der Waals surface area contributed by atoms with Crippen LogP contribution in [0.4, 0.5) is 5.69 Å². The summed E-state index contributed by atoms with van der Waals surface area (Å²) in [5, 5.41) is 6.08. The zero-order valence-electron chi connectivity index (χ0n) is 15.8. The fraction of sp³-hybridized carbons (Fsp3) is 0.286. The van der Waals surface area contributed by atoms with E-state index in [9.17, 15) is 9.59 Å². The number of nitrogens with one attached hydrogen (secondary N) is 1. The number of anilines is 1. The van der Waals surface area contributed by atoms with Crippen LogP contribution in [-0.2, 0) is 16.1 Å². The van der Waals surface area contributed by atoms with Gasteiger partial charge in [-0.1, -0.05) is 17.7 Å². The number of carbonyl (C=O) groups excluding carboxylic acids is 2. The average molecular weight is 412 g/mol. The number of rotatable bonds is 5. The second-order valence-electron chi connectivity index (χ2n) is 6.98. The van der Waals surface area contributed by atoms with Gasteiger partial charge in [-0.25, -0.2) is 4.98 Å². The molecular weight excluding hydrogens is 390 g/mol. The Hall–Kier alpha value is -2.51. The molecule has 1 aliphatic rings. The van der Waals surface area contributed by atoms with E-state index in [-0.39, 0.29) is 24.2 Å².